The molecular formula is C40H58N4O3. The molecule has 1 aliphatic carbocycles. The highest BCUT2D eigenvalue weighted by Crippen LogP contribution is 2.54. The van der Waals surface area contributed by atoms with Gasteiger partial charge in [-0.15, -0.1) is 0 Å². The second-order valence-electron chi connectivity index (χ2n) is 13.2. The standard InChI is InChI=1S/C40H58N4O3/c1-9-43(10-2)24-26-46-33-20-16-31(17-21-33)40(32-18-22-34(23-19-32)47-27-25-44(11-3)12-4)28-37(40)41-39(45)42-38-35(29(5)6)14-13-15-36(38)30(7)8/h13-23,29-30,37H,9-12,24-28H2,1-8H3,(H2,41,42,45). The molecule has 0 saturated heterocycles. The maximum absolute atomic E-state index is 13.6. The molecule has 3 aromatic rings. The van der Waals surface area contributed by atoms with Crippen LogP contribution < -0.4 is 20.1 Å². The average Bonchev–Trinajstić information content (AvgIpc) is 3.79. The molecule has 0 spiro atoms. The minimum Gasteiger partial charge on any atom is -0.492 e. The summed E-state index contributed by atoms with van der Waals surface area (Å²) < 4.78 is 12.2. The van der Waals surface area contributed by atoms with Gasteiger partial charge in [-0.05, 0) is 91.0 Å². The van der Waals surface area contributed by atoms with E-state index >= 15 is 0 Å². The molecule has 256 valence electrons. The van der Waals surface area contributed by atoms with Crippen LogP contribution in [0.2, 0.25) is 0 Å². The van der Waals surface area contributed by atoms with E-state index in [9.17, 15) is 4.79 Å². The fourth-order valence-electron chi connectivity index (χ4n) is 6.61. The quantitative estimate of drug-likeness (QED) is 0.146. The zero-order valence-electron chi connectivity index (χ0n) is 30.1. The van der Waals surface area contributed by atoms with Crippen molar-refractivity contribution in [2.75, 3.05) is 57.8 Å². The third kappa shape index (κ3) is 9.08. The Hall–Kier alpha value is -3.55. The van der Waals surface area contributed by atoms with Crippen LogP contribution in [0.25, 0.3) is 0 Å². The van der Waals surface area contributed by atoms with Crippen LogP contribution in [0.5, 0.6) is 11.5 Å². The van der Waals surface area contributed by atoms with Crippen LogP contribution in [0.3, 0.4) is 0 Å². The Bertz CT molecular complexity index is 1310. The second-order valence-corrected chi connectivity index (χ2v) is 13.2. The van der Waals surface area contributed by atoms with Crippen molar-refractivity contribution in [3.8, 4) is 11.5 Å². The van der Waals surface area contributed by atoms with Crippen LogP contribution in [0.15, 0.2) is 66.7 Å². The van der Waals surface area contributed by atoms with Gasteiger partial charge in [-0.1, -0.05) is 97.9 Å². The fourth-order valence-corrected chi connectivity index (χ4v) is 6.61. The minimum absolute atomic E-state index is 0.0555. The molecule has 7 nitrogen and oxygen atoms in total. The van der Waals surface area contributed by atoms with Gasteiger partial charge in [0.05, 0.1) is 0 Å². The Labute approximate surface area is 284 Å². The number of likely N-dealkylation sites (N-methyl/N-ethyl adjacent to an activating group) is 2. The summed E-state index contributed by atoms with van der Waals surface area (Å²) in [6.45, 7) is 24.6. The summed E-state index contributed by atoms with van der Waals surface area (Å²) in [6, 6.07) is 23.0. The first-order chi connectivity index (χ1) is 22.7. The SMILES string of the molecule is CCN(CC)CCOc1ccc(C2(c3ccc(OCCN(CC)CC)cc3)CC2NC(=O)Nc2c(C(C)C)cccc2C(C)C)cc1. The Morgan fingerprint density at radius 3 is 1.53 bits per heavy atom. The number of urea groups is 1. The predicted octanol–water partition coefficient (Wildman–Crippen LogP) is 8.25. The van der Waals surface area contributed by atoms with Crippen LogP contribution in [-0.4, -0.2) is 74.4 Å². The van der Waals surface area contributed by atoms with E-state index < -0.39 is 0 Å². The fraction of sp³-hybridized carbons (Fsp3) is 0.525. The van der Waals surface area contributed by atoms with Gasteiger partial charge in [0.25, 0.3) is 0 Å². The summed E-state index contributed by atoms with van der Waals surface area (Å²) in [5.41, 5.74) is 5.23. The number of hydrogen-bond acceptors (Lipinski definition) is 5. The molecule has 0 bridgehead atoms. The van der Waals surface area contributed by atoms with Crippen LogP contribution in [0, 0.1) is 0 Å². The van der Waals surface area contributed by atoms with Crippen molar-refractivity contribution in [2.45, 2.75) is 85.1 Å². The van der Waals surface area contributed by atoms with Gasteiger partial charge in [0.1, 0.15) is 24.7 Å². The molecule has 2 amide bonds. The molecule has 1 fully saturated rings. The molecular weight excluding hydrogens is 584 g/mol. The van der Waals surface area contributed by atoms with Crippen LogP contribution >= 0.6 is 0 Å². The summed E-state index contributed by atoms with van der Waals surface area (Å²) >= 11 is 0. The highest BCUT2D eigenvalue weighted by Gasteiger charge is 2.57. The van der Waals surface area contributed by atoms with Gasteiger partial charge in [-0.25, -0.2) is 4.79 Å². The Morgan fingerprint density at radius 2 is 1.15 bits per heavy atom. The molecule has 1 atom stereocenters. The summed E-state index contributed by atoms with van der Waals surface area (Å²) in [7, 11) is 0. The number of amides is 2. The normalized spacial score (nSPS) is 15.4. The molecule has 0 aliphatic heterocycles. The number of para-hydroxylation sites is 1. The number of carbonyl (C=O) groups is 1. The molecule has 1 saturated carbocycles. The number of carbonyl (C=O) groups excluding carboxylic acids is 1. The number of anilines is 1. The van der Waals surface area contributed by atoms with Crippen molar-refractivity contribution < 1.29 is 14.3 Å². The maximum atomic E-state index is 13.6. The summed E-state index contributed by atoms with van der Waals surface area (Å²) in [4.78, 5) is 18.4. The number of rotatable bonds is 18. The monoisotopic (exact) mass is 642 g/mol. The molecule has 0 radical (unpaired) electrons. The molecule has 0 aromatic heterocycles. The molecule has 4 rings (SSSR count). The first kappa shape index (κ1) is 36.3. The molecule has 47 heavy (non-hydrogen) atoms. The first-order valence-corrected chi connectivity index (χ1v) is 17.8. The predicted molar refractivity (Wildman–Crippen MR) is 195 cm³/mol. The number of ether oxygens (including phenoxy) is 2. The number of nitrogens with zero attached hydrogens (tertiary/aromatic N) is 2. The Kier molecular flexibility index (Phi) is 13.1. The zero-order valence-corrected chi connectivity index (χ0v) is 30.1. The van der Waals surface area contributed by atoms with Crippen molar-refractivity contribution >= 4 is 11.7 Å². The Morgan fingerprint density at radius 1 is 0.723 bits per heavy atom. The third-order valence-electron chi connectivity index (χ3n) is 9.76. The minimum atomic E-state index is -0.338. The lowest BCUT2D eigenvalue weighted by molar-refractivity contribution is 0.223. The molecule has 1 unspecified atom stereocenters. The first-order valence-electron chi connectivity index (χ1n) is 17.8. The van der Waals surface area contributed by atoms with E-state index in [-0.39, 0.29) is 17.5 Å². The van der Waals surface area contributed by atoms with Crippen LogP contribution in [-0.2, 0) is 5.41 Å². The molecule has 1 aliphatic rings. The topological polar surface area (TPSA) is 66.1 Å². The number of benzene rings is 3. The van der Waals surface area contributed by atoms with Crippen molar-refractivity contribution in [1.82, 2.24) is 15.1 Å². The second kappa shape index (κ2) is 17.0. The van der Waals surface area contributed by atoms with E-state index in [1.165, 1.54) is 11.1 Å². The van der Waals surface area contributed by atoms with E-state index in [1.54, 1.807) is 0 Å². The molecule has 3 aromatic carbocycles. The van der Waals surface area contributed by atoms with Crippen LogP contribution in [0.1, 0.15) is 95.9 Å². The average molecular weight is 643 g/mol. The molecule has 0 heterocycles. The van der Waals surface area contributed by atoms with Gasteiger partial charge in [0.15, 0.2) is 0 Å². The lowest BCUT2D eigenvalue weighted by atomic mass is 9.87. The summed E-state index contributed by atoms with van der Waals surface area (Å²) in [5.74, 6) is 2.32. The summed E-state index contributed by atoms with van der Waals surface area (Å²) in [6.07, 6.45) is 0.813. The van der Waals surface area contributed by atoms with Gasteiger partial charge in [-0.3, -0.25) is 0 Å². The largest absolute Gasteiger partial charge is 0.492 e. The number of nitrogens with one attached hydrogen (secondary N) is 2. The van der Waals surface area contributed by atoms with Gasteiger partial charge in [0.2, 0.25) is 0 Å². The maximum Gasteiger partial charge on any atom is 0.319 e. The Balaban J connectivity index is 1.54. The van der Waals surface area contributed by atoms with Gasteiger partial charge < -0.3 is 29.9 Å². The smallest absolute Gasteiger partial charge is 0.319 e. The van der Waals surface area contributed by atoms with E-state index in [4.69, 9.17) is 9.47 Å². The van der Waals surface area contributed by atoms with E-state index in [2.05, 4.69) is 143 Å². The highest BCUT2D eigenvalue weighted by atomic mass is 16.5. The molecule has 7 heteroatoms. The number of hydrogen-bond donors (Lipinski definition) is 2. The zero-order chi connectivity index (χ0) is 34.0. The molecule has 2 N–H and O–H groups in total. The van der Waals surface area contributed by atoms with Crippen molar-refractivity contribution in [3.63, 3.8) is 0 Å². The van der Waals surface area contributed by atoms with Crippen LogP contribution in [0.4, 0.5) is 10.5 Å². The van der Waals surface area contributed by atoms with E-state index in [0.29, 0.717) is 25.0 Å². The van der Waals surface area contributed by atoms with Crippen molar-refractivity contribution in [2.24, 2.45) is 0 Å². The van der Waals surface area contributed by atoms with Gasteiger partial charge in [-0.2, -0.15) is 0 Å². The van der Waals surface area contributed by atoms with Gasteiger partial charge in [0, 0.05) is 30.2 Å². The highest BCUT2D eigenvalue weighted by molar-refractivity contribution is 5.92. The van der Waals surface area contributed by atoms with Gasteiger partial charge >= 0.3 is 6.03 Å². The van der Waals surface area contributed by atoms with Crippen molar-refractivity contribution in [3.05, 3.63) is 89.0 Å². The lowest BCUT2D eigenvalue weighted by Gasteiger charge is -2.23. The van der Waals surface area contributed by atoms with E-state index in [1.807, 2.05) is 0 Å². The van der Waals surface area contributed by atoms with E-state index in [0.717, 1.165) is 74.0 Å². The lowest BCUT2D eigenvalue weighted by Crippen LogP contribution is -2.35. The van der Waals surface area contributed by atoms with Crippen molar-refractivity contribution in [1.29, 1.82) is 0 Å². The summed E-state index contributed by atoms with van der Waals surface area (Å²) in [5, 5.41) is 6.61. The third-order valence-corrected chi connectivity index (χ3v) is 9.76.